The van der Waals surface area contributed by atoms with Crippen LogP contribution in [0.25, 0.3) is 0 Å². The number of imide groups is 1. The highest BCUT2D eigenvalue weighted by Gasteiger charge is 2.41. The van der Waals surface area contributed by atoms with Crippen LogP contribution in [0, 0.1) is 0 Å². The minimum absolute atomic E-state index is 0.202. The molecule has 1 aliphatic heterocycles. The largest absolute Gasteiger partial charge is 0.494 e. The van der Waals surface area contributed by atoms with E-state index in [-0.39, 0.29) is 11.9 Å². The SMILES string of the molecule is CCOc1ccc(C2C(=O)N(C)C(=O)N2C)cc1. The summed E-state index contributed by atoms with van der Waals surface area (Å²) in [6, 6.07) is 6.44. The summed E-state index contributed by atoms with van der Waals surface area (Å²) in [5, 5.41) is 0. The standard InChI is InChI=1S/C13H16N2O3/c1-4-18-10-7-5-9(6-8-10)11-12(16)15(3)13(17)14(11)2/h5-8,11H,4H2,1-3H3. The Kier molecular flexibility index (Phi) is 3.23. The first kappa shape index (κ1) is 12.4. The van der Waals surface area contributed by atoms with Gasteiger partial charge >= 0.3 is 6.03 Å². The number of benzene rings is 1. The van der Waals surface area contributed by atoms with E-state index in [2.05, 4.69) is 0 Å². The van der Waals surface area contributed by atoms with Crippen LogP contribution < -0.4 is 4.74 Å². The smallest absolute Gasteiger partial charge is 0.327 e. The minimum atomic E-state index is -0.529. The molecule has 0 spiro atoms. The average Bonchev–Trinajstić information content (AvgIpc) is 2.56. The third-order valence-corrected chi connectivity index (χ3v) is 3.05. The van der Waals surface area contributed by atoms with Crippen molar-refractivity contribution in [1.82, 2.24) is 9.80 Å². The Morgan fingerprint density at radius 1 is 1.17 bits per heavy atom. The van der Waals surface area contributed by atoms with E-state index in [0.29, 0.717) is 6.61 Å². The third kappa shape index (κ3) is 1.92. The second-order valence-electron chi connectivity index (χ2n) is 4.20. The second kappa shape index (κ2) is 4.68. The average molecular weight is 248 g/mol. The molecule has 1 unspecified atom stereocenters. The number of likely N-dealkylation sites (N-methyl/N-ethyl adjacent to an activating group) is 2. The Morgan fingerprint density at radius 2 is 1.78 bits per heavy atom. The first-order valence-electron chi connectivity index (χ1n) is 5.83. The highest BCUT2D eigenvalue weighted by atomic mass is 16.5. The summed E-state index contributed by atoms with van der Waals surface area (Å²) in [5.74, 6) is 0.556. The number of amides is 3. The van der Waals surface area contributed by atoms with Crippen LogP contribution in [0.2, 0.25) is 0 Å². The first-order chi connectivity index (χ1) is 8.56. The zero-order valence-corrected chi connectivity index (χ0v) is 10.7. The summed E-state index contributed by atoms with van der Waals surface area (Å²) in [7, 11) is 3.13. The van der Waals surface area contributed by atoms with Crippen molar-refractivity contribution in [3.63, 3.8) is 0 Å². The summed E-state index contributed by atoms with van der Waals surface area (Å²) >= 11 is 0. The van der Waals surface area contributed by atoms with Crippen LogP contribution in [-0.4, -0.2) is 42.4 Å². The second-order valence-corrected chi connectivity index (χ2v) is 4.20. The van der Waals surface area contributed by atoms with Crippen LogP contribution in [0.1, 0.15) is 18.5 Å². The molecule has 1 aromatic rings. The van der Waals surface area contributed by atoms with Gasteiger partial charge in [-0.05, 0) is 24.6 Å². The Morgan fingerprint density at radius 3 is 2.22 bits per heavy atom. The normalized spacial score (nSPS) is 19.6. The van der Waals surface area contributed by atoms with Gasteiger partial charge in [0, 0.05) is 14.1 Å². The van der Waals surface area contributed by atoms with E-state index < -0.39 is 6.04 Å². The van der Waals surface area contributed by atoms with E-state index in [4.69, 9.17) is 4.74 Å². The summed E-state index contributed by atoms with van der Waals surface area (Å²) in [5.41, 5.74) is 0.795. The molecule has 0 saturated carbocycles. The number of rotatable bonds is 3. The maximum atomic E-state index is 12.0. The van der Waals surface area contributed by atoms with E-state index in [9.17, 15) is 9.59 Å². The lowest BCUT2D eigenvalue weighted by molar-refractivity contribution is -0.127. The van der Waals surface area contributed by atoms with Gasteiger partial charge in [0.25, 0.3) is 5.91 Å². The van der Waals surface area contributed by atoms with Gasteiger partial charge in [-0.25, -0.2) is 4.79 Å². The number of ether oxygens (including phenoxy) is 1. The van der Waals surface area contributed by atoms with Gasteiger partial charge in [0.05, 0.1) is 6.61 Å². The summed E-state index contributed by atoms with van der Waals surface area (Å²) in [6.45, 7) is 2.51. The molecule has 0 aliphatic carbocycles. The Bertz CT molecular complexity index is 470. The molecule has 5 heteroatoms. The van der Waals surface area contributed by atoms with Crippen LogP contribution in [0.3, 0.4) is 0 Å². The van der Waals surface area contributed by atoms with E-state index in [1.54, 1.807) is 7.05 Å². The molecule has 96 valence electrons. The van der Waals surface area contributed by atoms with Gasteiger partial charge in [-0.3, -0.25) is 9.69 Å². The number of hydrogen-bond donors (Lipinski definition) is 0. The first-order valence-corrected chi connectivity index (χ1v) is 5.83. The Hall–Kier alpha value is -2.04. The summed E-state index contributed by atoms with van der Waals surface area (Å²) in [4.78, 5) is 26.2. The lowest BCUT2D eigenvalue weighted by Crippen LogP contribution is -2.27. The van der Waals surface area contributed by atoms with Crippen LogP contribution in [0.15, 0.2) is 24.3 Å². The van der Waals surface area contributed by atoms with Crippen molar-refractivity contribution in [2.45, 2.75) is 13.0 Å². The number of nitrogens with zero attached hydrogens (tertiary/aromatic N) is 2. The third-order valence-electron chi connectivity index (χ3n) is 3.05. The topological polar surface area (TPSA) is 49.9 Å². The van der Waals surface area contributed by atoms with Crippen LogP contribution in [-0.2, 0) is 4.79 Å². The molecule has 1 fully saturated rings. The van der Waals surface area contributed by atoms with Gasteiger partial charge in [-0.1, -0.05) is 12.1 Å². The van der Waals surface area contributed by atoms with Crippen molar-refractivity contribution < 1.29 is 14.3 Å². The number of urea groups is 1. The fourth-order valence-electron chi connectivity index (χ4n) is 2.07. The molecule has 1 saturated heterocycles. The molecule has 1 heterocycles. The van der Waals surface area contributed by atoms with E-state index >= 15 is 0 Å². The molecule has 3 amide bonds. The van der Waals surface area contributed by atoms with Crippen molar-refractivity contribution in [2.24, 2.45) is 0 Å². The van der Waals surface area contributed by atoms with E-state index in [1.807, 2.05) is 31.2 Å². The number of carbonyl (C=O) groups is 2. The van der Waals surface area contributed by atoms with Crippen molar-refractivity contribution in [1.29, 1.82) is 0 Å². The minimum Gasteiger partial charge on any atom is -0.494 e. The Labute approximate surface area is 106 Å². The number of carbonyl (C=O) groups excluding carboxylic acids is 2. The van der Waals surface area contributed by atoms with Gasteiger partial charge in [0.15, 0.2) is 0 Å². The molecular weight excluding hydrogens is 232 g/mol. The molecule has 1 aromatic carbocycles. The number of hydrogen-bond acceptors (Lipinski definition) is 3. The fraction of sp³-hybridized carbons (Fsp3) is 0.385. The van der Waals surface area contributed by atoms with E-state index in [1.165, 1.54) is 11.9 Å². The lowest BCUT2D eigenvalue weighted by atomic mass is 10.1. The van der Waals surface area contributed by atoms with Gasteiger partial charge < -0.3 is 9.64 Å². The van der Waals surface area contributed by atoms with Crippen LogP contribution >= 0.6 is 0 Å². The molecule has 2 rings (SSSR count). The van der Waals surface area contributed by atoms with E-state index in [0.717, 1.165) is 16.2 Å². The van der Waals surface area contributed by atoms with Crippen molar-refractivity contribution in [3.8, 4) is 5.75 Å². The van der Waals surface area contributed by atoms with Crippen LogP contribution in [0.4, 0.5) is 4.79 Å². The highest BCUT2D eigenvalue weighted by Crippen LogP contribution is 2.29. The zero-order valence-electron chi connectivity index (χ0n) is 10.7. The fourth-order valence-corrected chi connectivity index (χ4v) is 2.07. The molecule has 0 radical (unpaired) electrons. The van der Waals surface area contributed by atoms with Crippen LogP contribution in [0.5, 0.6) is 5.75 Å². The molecule has 0 N–H and O–H groups in total. The highest BCUT2D eigenvalue weighted by molar-refractivity contribution is 6.04. The maximum Gasteiger partial charge on any atom is 0.327 e. The molecule has 18 heavy (non-hydrogen) atoms. The molecule has 0 aromatic heterocycles. The predicted octanol–water partition coefficient (Wildman–Crippen LogP) is 1.65. The van der Waals surface area contributed by atoms with Crippen molar-refractivity contribution >= 4 is 11.9 Å². The zero-order chi connectivity index (χ0) is 13.3. The van der Waals surface area contributed by atoms with Crippen molar-refractivity contribution in [2.75, 3.05) is 20.7 Å². The molecule has 1 atom stereocenters. The monoisotopic (exact) mass is 248 g/mol. The summed E-state index contributed by atoms with van der Waals surface area (Å²) < 4.78 is 5.34. The van der Waals surface area contributed by atoms with Gasteiger partial charge in [-0.15, -0.1) is 0 Å². The quantitative estimate of drug-likeness (QED) is 0.764. The molecular formula is C13H16N2O3. The Balaban J connectivity index is 2.26. The lowest BCUT2D eigenvalue weighted by Gasteiger charge is -2.16. The molecule has 5 nitrogen and oxygen atoms in total. The van der Waals surface area contributed by atoms with Gasteiger partial charge in [-0.2, -0.15) is 0 Å². The summed E-state index contributed by atoms with van der Waals surface area (Å²) in [6.07, 6.45) is 0. The van der Waals surface area contributed by atoms with Gasteiger partial charge in [0.1, 0.15) is 11.8 Å². The van der Waals surface area contributed by atoms with Gasteiger partial charge in [0.2, 0.25) is 0 Å². The molecule has 0 bridgehead atoms. The predicted molar refractivity (Wildman–Crippen MR) is 66.3 cm³/mol. The van der Waals surface area contributed by atoms with Crippen molar-refractivity contribution in [3.05, 3.63) is 29.8 Å². The maximum absolute atomic E-state index is 12.0. The molecule has 1 aliphatic rings.